The van der Waals surface area contributed by atoms with Gasteiger partial charge in [0.2, 0.25) is 17.7 Å². The zero-order valence-electron chi connectivity index (χ0n) is 17.0. The minimum Gasteiger partial charge on any atom is -0.421 e. The average Bonchev–Trinajstić information content (AvgIpc) is 3.17. The SMILES string of the molecule is Cc1ccc(-c2nnc(CCC(=O)NCC(C(C)C)N3CCOCC3)o2)cc1. The first-order chi connectivity index (χ1) is 13.5. The summed E-state index contributed by atoms with van der Waals surface area (Å²) in [6.45, 7) is 10.4. The largest absolute Gasteiger partial charge is 0.421 e. The van der Waals surface area contributed by atoms with Gasteiger partial charge in [-0.05, 0) is 25.0 Å². The van der Waals surface area contributed by atoms with E-state index in [2.05, 4.69) is 34.3 Å². The van der Waals surface area contributed by atoms with Gasteiger partial charge in [0.1, 0.15) is 0 Å². The van der Waals surface area contributed by atoms with Gasteiger partial charge in [-0.3, -0.25) is 9.69 Å². The maximum Gasteiger partial charge on any atom is 0.247 e. The highest BCUT2D eigenvalue weighted by Gasteiger charge is 2.24. The predicted molar refractivity (Wildman–Crippen MR) is 107 cm³/mol. The number of carbonyl (C=O) groups excluding carboxylic acids is 1. The normalized spacial score (nSPS) is 16.3. The van der Waals surface area contributed by atoms with Gasteiger partial charge in [0.05, 0.1) is 13.2 Å². The molecule has 1 unspecified atom stereocenters. The molecular formula is C21H30N4O3. The van der Waals surface area contributed by atoms with Gasteiger partial charge in [0.25, 0.3) is 0 Å². The van der Waals surface area contributed by atoms with Crippen LogP contribution in [0.1, 0.15) is 31.7 Å². The van der Waals surface area contributed by atoms with Crippen molar-refractivity contribution in [2.24, 2.45) is 5.92 Å². The zero-order valence-corrected chi connectivity index (χ0v) is 17.0. The molecule has 0 radical (unpaired) electrons. The molecule has 1 atom stereocenters. The molecule has 3 rings (SSSR count). The van der Waals surface area contributed by atoms with Crippen LogP contribution in [0.25, 0.3) is 11.5 Å². The number of amides is 1. The molecular weight excluding hydrogens is 356 g/mol. The van der Waals surface area contributed by atoms with Gasteiger partial charge >= 0.3 is 0 Å². The molecule has 28 heavy (non-hydrogen) atoms. The molecule has 1 N–H and O–H groups in total. The summed E-state index contributed by atoms with van der Waals surface area (Å²) >= 11 is 0. The van der Waals surface area contributed by atoms with Gasteiger partial charge in [-0.15, -0.1) is 10.2 Å². The summed E-state index contributed by atoms with van der Waals surface area (Å²) in [6.07, 6.45) is 0.776. The fourth-order valence-electron chi connectivity index (χ4n) is 3.39. The van der Waals surface area contributed by atoms with E-state index >= 15 is 0 Å². The minimum absolute atomic E-state index is 0.00833. The third-order valence-electron chi connectivity index (χ3n) is 5.12. The number of ether oxygens (including phenoxy) is 1. The highest BCUT2D eigenvalue weighted by atomic mass is 16.5. The Balaban J connectivity index is 1.46. The molecule has 1 aliphatic heterocycles. The number of morpholine rings is 1. The lowest BCUT2D eigenvalue weighted by Gasteiger charge is -2.36. The molecule has 0 spiro atoms. The van der Waals surface area contributed by atoms with E-state index in [9.17, 15) is 4.79 Å². The first-order valence-electron chi connectivity index (χ1n) is 10.0. The van der Waals surface area contributed by atoms with E-state index < -0.39 is 0 Å². The summed E-state index contributed by atoms with van der Waals surface area (Å²) in [7, 11) is 0. The van der Waals surface area contributed by atoms with Crippen LogP contribution in [-0.2, 0) is 16.0 Å². The molecule has 0 bridgehead atoms. The van der Waals surface area contributed by atoms with Crippen LogP contribution in [0.4, 0.5) is 0 Å². The predicted octanol–water partition coefficient (Wildman–Crippen LogP) is 2.45. The fraction of sp³-hybridized carbons (Fsp3) is 0.571. The van der Waals surface area contributed by atoms with Crippen LogP contribution in [-0.4, -0.2) is 59.9 Å². The number of carbonyl (C=O) groups is 1. The number of aryl methyl sites for hydroxylation is 2. The van der Waals surface area contributed by atoms with Crippen LogP contribution in [0, 0.1) is 12.8 Å². The lowest BCUT2D eigenvalue weighted by Crippen LogP contribution is -2.51. The lowest BCUT2D eigenvalue weighted by atomic mass is 10.0. The van der Waals surface area contributed by atoms with Crippen molar-refractivity contribution in [1.82, 2.24) is 20.4 Å². The van der Waals surface area contributed by atoms with Crippen molar-refractivity contribution in [3.05, 3.63) is 35.7 Å². The quantitative estimate of drug-likeness (QED) is 0.751. The number of benzene rings is 1. The number of nitrogens with one attached hydrogen (secondary N) is 1. The van der Waals surface area contributed by atoms with Crippen molar-refractivity contribution in [2.45, 2.75) is 39.7 Å². The smallest absolute Gasteiger partial charge is 0.247 e. The molecule has 1 aromatic carbocycles. The van der Waals surface area contributed by atoms with Crippen molar-refractivity contribution in [3.63, 3.8) is 0 Å². The van der Waals surface area contributed by atoms with E-state index in [1.807, 2.05) is 31.2 Å². The lowest BCUT2D eigenvalue weighted by molar-refractivity contribution is -0.121. The van der Waals surface area contributed by atoms with E-state index in [1.54, 1.807) is 0 Å². The molecule has 0 aliphatic carbocycles. The highest BCUT2D eigenvalue weighted by Crippen LogP contribution is 2.18. The number of aromatic nitrogens is 2. The average molecular weight is 386 g/mol. The van der Waals surface area contributed by atoms with Crippen LogP contribution < -0.4 is 5.32 Å². The van der Waals surface area contributed by atoms with E-state index in [0.29, 0.717) is 43.1 Å². The summed E-state index contributed by atoms with van der Waals surface area (Å²) < 4.78 is 11.1. The van der Waals surface area contributed by atoms with Gasteiger partial charge in [0, 0.05) is 44.1 Å². The van der Waals surface area contributed by atoms with Crippen molar-refractivity contribution in [1.29, 1.82) is 0 Å². The molecule has 2 heterocycles. The molecule has 2 aromatic rings. The summed E-state index contributed by atoms with van der Waals surface area (Å²) in [5.41, 5.74) is 2.07. The van der Waals surface area contributed by atoms with Crippen LogP contribution in [0.3, 0.4) is 0 Å². The number of hydrogen-bond donors (Lipinski definition) is 1. The van der Waals surface area contributed by atoms with Gasteiger partial charge in [0.15, 0.2) is 0 Å². The summed E-state index contributed by atoms with van der Waals surface area (Å²) in [5, 5.41) is 11.2. The molecule has 1 aliphatic rings. The first kappa shape index (κ1) is 20.5. The van der Waals surface area contributed by atoms with Crippen molar-refractivity contribution in [3.8, 4) is 11.5 Å². The van der Waals surface area contributed by atoms with Gasteiger partial charge < -0.3 is 14.5 Å². The fourth-order valence-corrected chi connectivity index (χ4v) is 3.39. The Labute approximate surface area is 166 Å². The van der Waals surface area contributed by atoms with E-state index in [4.69, 9.17) is 9.15 Å². The molecule has 1 amide bonds. The van der Waals surface area contributed by atoms with Gasteiger partial charge in [-0.2, -0.15) is 0 Å². The monoisotopic (exact) mass is 386 g/mol. The van der Waals surface area contributed by atoms with Gasteiger partial charge in [-0.25, -0.2) is 0 Å². The second-order valence-electron chi connectivity index (χ2n) is 7.63. The second-order valence-corrected chi connectivity index (χ2v) is 7.63. The van der Waals surface area contributed by atoms with Crippen LogP contribution >= 0.6 is 0 Å². The maximum absolute atomic E-state index is 12.3. The van der Waals surface area contributed by atoms with Gasteiger partial charge in [-0.1, -0.05) is 31.5 Å². The Morgan fingerprint density at radius 2 is 1.89 bits per heavy atom. The number of rotatable bonds is 8. The topological polar surface area (TPSA) is 80.5 Å². The standard InChI is InChI=1S/C21H30N4O3/c1-15(2)18(25-10-12-27-13-11-25)14-22-19(26)8-9-20-23-24-21(28-20)17-6-4-16(3)5-7-17/h4-7,15,18H,8-14H2,1-3H3,(H,22,26). The summed E-state index contributed by atoms with van der Waals surface area (Å²) in [6, 6.07) is 8.25. The van der Waals surface area contributed by atoms with E-state index in [1.165, 1.54) is 5.56 Å². The third-order valence-corrected chi connectivity index (χ3v) is 5.12. The molecule has 7 nitrogen and oxygen atoms in total. The minimum atomic E-state index is 0.00833. The zero-order chi connectivity index (χ0) is 19.9. The van der Waals surface area contributed by atoms with E-state index in [0.717, 1.165) is 31.9 Å². The molecule has 7 heteroatoms. The van der Waals surface area contributed by atoms with Crippen molar-refractivity contribution < 1.29 is 13.9 Å². The van der Waals surface area contributed by atoms with Crippen LogP contribution in [0.5, 0.6) is 0 Å². The third kappa shape index (κ3) is 5.62. The Bertz CT molecular complexity index is 751. The van der Waals surface area contributed by atoms with Crippen LogP contribution in [0.15, 0.2) is 28.7 Å². The summed E-state index contributed by atoms with van der Waals surface area (Å²) in [4.78, 5) is 14.7. The molecule has 0 saturated carbocycles. The molecule has 1 fully saturated rings. The first-order valence-corrected chi connectivity index (χ1v) is 10.0. The Kier molecular flexibility index (Phi) is 7.17. The maximum atomic E-state index is 12.3. The summed E-state index contributed by atoms with van der Waals surface area (Å²) in [5.74, 6) is 1.45. The van der Waals surface area contributed by atoms with Crippen molar-refractivity contribution in [2.75, 3.05) is 32.8 Å². The number of nitrogens with zero attached hydrogens (tertiary/aromatic N) is 3. The highest BCUT2D eigenvalue weighted by molar-refractivity contribution is 5.76. The Hall–Kier alpha value is -2.25. The number of hydrogen-bond acceptors (Lipinski definition) is 6. The second kappa shape index (κ2) is 9.80. The Morgan fingerprint density at radius 1 is 1.18 bits per heavy atom. The molecule has 152 valence electrons. The Morgan fingerprint density at radius 3 is 2.57 bits per heavy atom. The molecule has 1 aromatic heterocycles. The van der Waals surface area contributed by atoms with Crippen molar-refractivity contribution >= 4 is 5.91 Å². The van der Waals surface area contributed by atoms with E-state index in [-0.39, 0.29) is 5.91 Å². The molecule has 1 saturated heterocycles. The van der Waals surface area contributed by atoms with Crippen LogP contribution in [0.2, 0.25) is 0 Å².